The minimum atomic E-state index is -4.61. The minimum absolute atomic E-state index is 0.0636. The number of benzene rings is 2. The molecule has 0 unspecified atom stereocenters. The summed E-state index contributed by atoms with van der Waals surface area (Å²) in [5, 5.41) is 5.51. The molecule has 4 aromatic rings. The first-order chi connectivity index (χ1) is 18.6. The van der Waals surface area contributed by atoms with Crippen LogP contribution in [-0.4, -0.2) is 45.5 Å². The summed E-state index contributed by atoms with van der Waals surface area (Å²) < 4.78 is 61.1. The van der Waals surface area contributed by atoms with Crippen molar-refractivity contribution in [2.24, 2.45) is 13.0 Å². The maximum atomic E-state index is 14.2. The number of aromatic nitrogens is 3. The SMILES string of the molecule is CN1CCC(C(=O)Nc2cc(Oc3ccc4c(c3)nc(Nc3cc(C(F)(F)F)ccc3F)n4C)ccn2)CC1. The van der Waals surface area contributed by atoms with Crippen LogP contribution in [0.25, 0.3) is 11.0 Å². The topological polar surface area (TPSA) is 84.3 Å². The molecular formula is C27H26F4N6O2. The van der Waals surface area contributed by atoms with E-state index in [1.165, 1.54) is 6.20 Å². The molecule has 39 heavy (non-hydrogen) atoms. The molecule has 0 radical (unpaired) electrons. The number of imidazole rings is 1. The number of carbonyl (C=O) groups is 1. The molecule has 5 rings (SSSR count). The van der Waals surface area contributed by atoms with Gasteiger partial charge in [-0.3, -0.25) is 4.79 Å². The number of halogens is 4. The van der Waals surface area contributed by atoms with Gasteiger partial charge in [0.15, 0.2) is 0 Å². The third-order valence-electron chi connectivity index (χ3n) is 6.70. The van der Waals surface area contributed by atoms with E-state index >= 15 is 0 Å². The van der Waals surface area contributed by atoms with E-state index in [1.54, 1.807) is 41.9 Å². The summed E-state index contributed by atoms with van der Waals surface area (Å²) in [7, 11) is 3.69. The van der Waals surface area contributed by atoms with Gasteiger partial charge in [0, 0.05) is 31.3 Å². The maximum Gasteiger partial charge on any atom is 0.416 e. The van der Waals surface area contributed by atoms with Gasteiger partial charge >= 0.3 is 6.18 Å². The Balaban J connectivity index is 1.31. The van der Waals surface area contributed by atoms with Gasteiger partial charge in [-0.05, 0) is 69.4 Å². The van der Waals surface area contributed by atoms with Gasteiger partial charge in [0.05, 0.1) is 22.3 Å². The number of aryl methyl sites for hydroxylation is 1. The Kier molecular flexibility index (Phi) is 7.13. The monoisotopic (exact) mass is 542 g/mol. The number of rotatable bonds is 6. The molecule has 1 fully saturated rings. The maximum absolute atomic E-state index is 14.2. The number of likely N-dealkylation sites (tertiary alicyclic amines) is 1. The summed E-state index contributed by atoms with van der Waals surface area (Å²) in [6.07, 6.45) is -1.49. The number of hydrogen-bond acceptors (Lipinski definition) is 6. The molecule has 0 atom stereocenters. The number of nitrogens with one attached hydrogen (secondary N) is 2. The fourth-order valence-corrected chi connectivity index (χ4v) is 4.45. The van der Waals surface area contributed by atoms with E-state index in [9.17, 15) is 22.4 Å². The second-order valence-corrected chi connectivity index (χ2v) is 9.51. The quantitative estimate of drug-likeness (QED) is 0.293. The largest absolute Gasteiger partial charge is 0.457 e. The summed E-state index contributed by atoms with van der Waals surface area (Å²) in [4.78, 5) is 23.5. The normalized spacial score (nSPS) is 14.9. The predicted octanol–water partition coefficient (Wildman–Crippen LogP) is 5.94. The van der Waals surface area contributed by atoms with Crippen LogP contribution >= 0.6 is 0 Å². The predicted molar refractivity (Wildman–Crippen MR) is 139 cm³/mol. The Bertz CT molecular complexity index is 1510. The molecule has 0 spiro atoms. The highest BCUT2D eigenvalue weighted by atomic mass is 19.4. The minimum Gasteiger partial charge on any atom is -0.457 e. The zero-order valence-electron chi connectivity index (χ0n) is 21.2. The first-order valence-corrected chi connectivity index (χ1v) is 12.3. The lowest BCUT2D eigenvalue weighted by atomic mass is 9.96. The van der Waals surface area contributed by atoms with Crippen LogP contribution in [0.2, 0.25) is 0 Å². The number of pyridine rings is 1. The number of alkyl halides is 3. The van der Waals surface area contributed by atoms with Crippen molar-refractivity contribution < 1.29 is 27.1 Å². The lowest BCUT2D eigenvalue weighted by Gasteiger charge is -2.27. The number of hydrogen-bond donors (Lipinski definition) is 2. The van der Waals surface area contributed by atoms with Gasteiger partial charge in [-0.15, -0.1) is 0 Å². The molecule has 0 bridgehead atoms. The molecule has 0 saturated carbocycles. The number of fused-ring (bicyclic) bond motifs is 1. The number of piperidine rings is 1. The number of anilines is 3. The van der Waals surface area contributed by atoms with Crippen molar-refractivity contribution >= 4 is 34.4 Å². The van der Waals surface area contributed by atoms with Crippen molar-refractivity contribution in [1.29, 1.82) is 0 Å². The third kappa shape index (κ3) is 5.95. The van der Waals surface area contributed by atoms with Crippen LogP contribution in [0.15, 0.2) is 54.7 Å². The van der Waals surface area contributed by atoms with Crippen molar-refractivity contribution in [3.8, 4) is 11.5 Å². The molecule has 2 aromatic carbocycles. The smallest absolute Gasteiger partial charge is 0.416 e. The van der Waals surface area contributed by atoms with Crippen LogP contribution < -0.4 is 15.4 Å². The highest BCUT2D eigenvalue weighted by molar-refractivity contribution is 5.92. The third-order valence-corrected chi connectivity index (χ3v) is 6.70. The van der Waals surface area contributed by atoms with E-state index in [1.807, 2.05) is 7.05 Å². The zero-order valence-corrected chi connectivity index (χ0v) is 21.2. The second kappa shape index (κ2) is 10.5. The van der Waals surface area contributed by atoms with Gasteiger partial charge in [0.1, 0.15) is 23.1 Å². The summed E-state index contributed by atoms with van der Waals surface area (Å²) in [6.45, 7) is 1.74. The van der Waals surface area contributed by atoms with Crippen LogP contribution in [0, 0.1) is 11.7 Å². The fraction of sp³-hybridized carbons (Fsp3) is 0.296. The van der Waals surface area contributed by atoms with E-state index in [-0.39, 0.29) is 23.5 Å². The van der Waals surface area contributed by atoms with Crippen LogP contribution in [0.5, 0.6) is 11.5 Å². The molecule has 1 aliphatic heterocycles. The molecule has 3 heterocycles. The van der Waals surface area contributed by atoms with E-state index in [4.69, 9.17) is 4.74 Å². The molecule has 12 heteroatoms. The van der Waals surface area contributed by atoms with Gasteiger partial charge in [-0.1, -0.05) is 0 Å². The fourth-order valence-electron chi connectivity index (χ4n) is 4.45. The van der Waals surface area contributed by atoms with Crippen LogP contribution in [0.4, 0.5) is 35.0 Å². The molecule has 1 amide bonds. The summed E-state index contributed by atoms with van der Waals surface area (Å²) in [5.41, 5.74) is -0.181. The van der Waals surface area contributed by atoms with Gasteiger partial charge in [0.2, 0.25) is 11.9 Å². The van der Waals surface area contributed by atoms with Gasteiger partial charge in [-0.25, -0.2) is 14.4 Å². The Morgan fingerprint density at radius 1 is 1.03 bits per heavy atom. The van der Waals surface area contributed by atoms with Crippen LogP contribution in [-0.2, 0) is 18.0 Å². The van der Waals surface area contributed by atoms with Crippen molar-refractivity contribution in [3.63, 3.8) is 0 Å². The molecule has 8 nitrogen and oxygen atoms in total. The molecule has 1 aliphatic rings. The molecular weight excluding hydrogens is 516 g/mol. The average molecular weight is 543 g/mol. The van der Waals surface area contributed by atoms with Gasteiger partial charge in [-0.2, -0.15) is 13.2 Å². The summed E-state index contributed by atoms with van der Waals surface area (Å²) in [6, 6.07) is 10.5. The summed E-state index contributed by atoms with van der Waals surface area (Å²) in [5.74, 6) is 0.453. The first kappa shape index (κ1) is 26.4. The zero-order chi connectivity index (χ0) is 27.7. The lowest BCUT2D eigenvalue weighted by molar-refractivity contribution is -0.137. The van der Waals surface area contributed by atoms with Gasteiger partial charge < -0.3 is 24.8 Å². The van der Waals surface area contributed by atoms with Crippen molar-refractivity contribution in [2.75, 3.05) is 30.8 Å². The standard InChI is InChI=1S/C27H26F4N6O2/c1-36-11-8-16(9-12-36)25(38)35-24-15-19(7-10-32-24)39-18-4-6-23-22(14-18)34-26(37(23)2)33-21-13-17(27(29,30)31)3-5-20(21)28/h3-7,10,13-16H,8-9,11-12H2,1-2H3,(H,33,34)(H,32,35,38). The Morgan fingerprint density at radius 3 is 2.51 bits per heavy atom. The van der Waals surface area contributed by atoms with Crippen LogP contribution in [0.3, 0.4) is 0 Å². The van der Waals surface area contributed by atoms with Crippen molar-refractivity contribution in [1.82, 2.24) is 19.4 Å². The van der Waals surface area contributed by atoms with Crippen molar-refractivity contribution in [2.45, 2.75) is 19.0 Å². The van der Waals surface area contributed by atoms with E-state index in [2.05, 4.69) is 25.5 Å². The molecule has 1 saturated heterocycles. The second-order valence-electron chi connectivity index (χ2n) is 9.51. The Labute approximate surface area is 221 Å². The number of ether oxygens (including phenoxy) is 1. The average Bonchev–Trinajstić information content (AvgIpc) is 3.19. The van der Waals surface area contributed by atoms with Gasteiger partial charge in [0.25, 0.3) is 0 Å². The molecule has 0 aliphatic carbocycles. The molecule has 2 aromatic heterocycles. The van der Waals surface area contributed by atoms with Crippen LogP contribution in [0.1, 0.15) is 18.4 Å². The Hall–Kier alpha value is -4.19. The molecule has 204 valence electrons. The van der Waals surface area contributed by atoms with E-state index in [0.717, 1.165) is 32.0 Å². The number of nitrogens with zero attached hydrogens (tertiary/aromatic N) is 4. The lowest BCUT2D eigenvalue weighted by Crippen LogP contribution is -2.36. The highest BCUT2D eigenvalue weighted by Gasteiger charge is 2.31. The van der Waals surface area contributed by atoms with Crippen molar-refractivity contribution in [3.05, 3.63) is 66.1 Å². The highest BCUT2D eigenvalue weighted by Crippen LogP contribution is 2.34. The van der Waals surface area contributed by atoms with E-state index < -0.39 is 17.6 Å². The first-order valence-electron chi connectivity index (χ1n) is 12.3. The number of amides is 1. The Morgan fingerprint density at radius 2 is 1.77 bits per heavy atom. The summed E-state index contributed by atoms with van der Waals surface area (Å²) >= 11 is 0. The number of carbonyl (C=O) groups excluding carboxylic acids is 1. The molecule has 2 N–H and O–H groups in total. The van der Waals surface area contributed by atoms with E-state index in [0.29, 0.717) is 40.5 Å².